The van der Waals surface area contributed by atoms with E-state index in [2.05, 4.69) is 30.5 Å². The lowest BCUT2D eigenvalue weighted by Gasteiger charge is -2.20. The summed E-state index contributed by atoms with van der Waals surface area (Å²) in [5.41, 5.74) is 12.0. The highest BCUT2D eigenvalue weighted by molar-refractivity contribution is 6.35. The maximum Gasteiger partial charge on any atom is 0.267 e. The zero-order valence-corrected chi connectivity index (χ0v) is 16.5. The molecule has 29 heavy (non-hydrogen) atoms. The third-order valence-corrected chi connectivity index (χ3v) is 4.94. The van der Waals surface area contributed by atoms with Gasteiger partial charge in [-0.25, -0.2) is 4.98 Å². The Morgan fingerprint density at radius 3 is 2.72 bits per heavy atom. The molecule has 1 aromatic carbocycles. The van der Waals surface area contributed by atoms with Crippen LogP contribution in [0.2, 0.25) is 10.0 Å². The molecule has 0 bridgehead atoms. The maximum absolute atomic E-state index is 13.3. The number of benzene rings is 1. The number of nitrogen functional groups attached to an aromatic ring is 2. The number of H-pyrrole nitrogens is 1. The van der Waals surface area contributed by atoms with Gasteiger partial charge in [0.05, 0.1) is 33.9 Å². The van der Waals surface area contributed by atoms with Crippen LogP contribution in [0.3, 0.4) is 0 Å². The number of halogens is 2. The van der Waals surface area contributed by atoms with Crippen LogP contribution in [-0.2, 0) is 0 Å². The van der Waals surface area contributed by atoms with Crippen LogP contribution in [0.4, 0.5) is 17.6 Å². The maximum atomic E-state index is 13.3. The number of aromatic amines is 1. The number of nitrogens with zero attached hydrogens (tertiary/aromatic N) is 5. The normalized spacial score (nSPS) is 12.2. The van der Waals surface area contributed by atoms with Gasteiger partial charge in [-0.05, 0) is 19.1 Å². The van der Waals surface area contributed by atoms with Gasteiger partial charge in [0.2, 0.25) is 5.95 Å². The van der Waals surface area contributed by atoms with Crippen molar-refractivity contribution >= 4 is 51.7 Å². The summed E-state index contributed by atoms with van der Waals surface area (Å²) in [6, 6.07) is 4.56. The molecular weight excluding hydrogens is 417 g/mol. The fraction of sp³-hybridized carbons (Fsp3) is 0.118. The second-order valence-corrected chi connectivity index (χ2v) is 6.98. The van der Waals surface area contributed by atoms with Gasteiger partial charge in [-0.1, -0.05) is 29.3 Å². The predicted octanol–water partition coefficient (Wildman–Crippen LogP) is 2.54. The van der Waals surface area contributed by atoms with Crippen LogP contribution < -0.4 is 22.3 Å². The molecule has 0 aliphatic rings. The summed E-state index contributed by atoms with van der Waals surface area (Å²) in [6.45, 7) is 1.79. The van der Waals surface area contributed by atoms with Crippen molar-refractivity contribution in [3.63, 3.8) is 0 Å². The Morgan fingerprint density at radius 1 is 1.21 bits per heavy atom. The van der Waals surface area contributed by atoms with Crippen molar-refractivity contribution in [3.8, 4) is 5.69 Å². The first-order chi connectivity index (χ1) is 13.9. The lowest BCUT2D eigenvalue weighted by molar-refractivity contribution is 0.731. The zero-order valence-electron chi connectivity index (χ0n) is 15.0. The van der Waals surface area contributed by atoms with Crippen LogP contribution in [0.5, 0.6) is 0 Å². The summed E-state index contributed by atoms with van der Waals surface area (Å²) in [5, 5.41) is 10.4. The zero-order chi connectivity index (χ0) is 20.7. The van der Waals surface area contributed by atoms with E-state index in [0.29, 0.717) is 27.4 Å². The van der Waals surface area contributed by atoms with Gasteiger partial charge in [0.25, 0.3) is 5.56 Å². The second-order valence-electron chi connectivity index (χ2n) is 6.20. The van der Waals surface area contributed by atoms with Gasteiger partial charge in [0.1, 0.15) is 16.7 Å². The van der Waals surface area contributed by atoms with Crippen LogP contribution in [0, 0.1) is 0 Å². The summed E-state index contributed by atoms with van der Waals surface area (Å²) in [6.07, 6.45) is 3.09. The smallest absolute Gasteiger partial charge is 0.267 e. The summed E-state index contributed by atoms with van der Waals surface area (Å²) in [7, 11) is 0. The first kappa shape index (κ1) is 19.0. The number of anilines is 3. The summed E-state index contributed by atoms with van der Waals surface area (Å²) in [4.78, 5) is 25.8. The molecule has 0 radical (unpaired) electrons. The Hall–Kier alpha value is -3.37. The molecule has 0 saturated carbocycles. The van der Waals surface area contributed by atoms with E-state index in [-0.39, 0.29) is 28.2 Å². The molecule has 1 atom stereocenters. The Labute approximate surface area is 173 Å². The Bertz CT molecular complexity index is 1270. The number of nitrogens with one attached hydrogen (secondary N) is 2. The second kappa shape index (κ2) is 7.22. The highest BCUT2D eigenvalue weighted by atomic mass is 35.5. The molecule has 0 aliphatic heterocycles. The van der Waals surface area contributed by atoms with E-state index in [1.165, 1.54) is 10.8 Å². The minimum absolute atomic E-state index is 0.0351. The fourth-order valence-corrected chi connectivity index (χ4v) is 3.35. The predicted molar refractivity (Wildman–Crippen MR) is 112 cm³/mol. The lowest BCUT2D eigenvalue weighted by Crippen LogP contribution is -2.27. The highest BCUT2D eigenvalue weighted by Crippen LogP contribution is 2.29. The molecule has 3 heterocycles. The van der Waals surface area contributed by atoms with E-state index in [1.807, 2.05) is 0 Å². The standard InChI is InChI=1S/C17H15Cl2N9O/c1-7(24-14-12(19)13(20)26-17(21)27-14)15-25-10-4-2-3-9(18)11(10)16(29)28(15)8-5-22-23-6-8/h2-7H,1H3,(H,22,23)(H5,20,21,24,26,27)/t7-/m0/s1. The molecule has 12 heteroatoms. The van der Waals surface area contributed by atoms with Gasteiger partial charge in [-0.2, -0.15) is 15.1 Å². The third kappa shape index (κ3) is 3.32. The van der Waals surface area contributed by atoms with E-state index in [9.17, 15) is 4.79 Å². The monoisotopic (exact) mass is 431 g/mol. The quantitative estimate of drug-likeness (QED) is 0.384. The van der Waals surface area contributed by atoms with Crippen molar-refractivity contribution < 1.29 is 0 Å². The fourth-order valence-electron chi connectivity index (χ4n) is 2.96. The molecule has 0 saturated heterocycles. The molecule has 3 aromatic heterocycles. The molecule has 6 N–H and O–H groups in total. The van der Waals surface area contributed by atoms with E-state index >= 15 is 0 Å². The van der Waals surface area contributed by atoms with Crippen molar-refractivity contribution in [1.29, 1.82) is 0 Å². The number of hydrogen-bond donors (Lipinski definition) is 4. The number of hydrogen-bond acceptors (Lipinski definition) is 8. The van der Waals surface area contributed by atoms with Gasteiger partial charge < -0.3 is 16.8 Å². The average Bonchev–Trinajstić information content (AvgIpc) is 3.19. The molecule has 4 rings (SSSR count). The molecule has 10 nitrogen and oxygen atoms in total. The van der Waals surface area contributed by atoms with Crippen molar-refractivity contribution in [2.45, 2.75) is 13.0 Å². The van der Waals surface area contributed by atoms with Gasteiger partial charge in [0.15, 0.2) is 5.82 Å². The summed E-state index contributed by atoms with van der Waals surface area (Å²) >= 11 is 12.5. The average molecular weight is 432 g/mol. The molecule has 0 aliphatic carbocycles. The molecule has 0 fully saturated rings. The van der Waals surface area contributed by atoms with Gasteiger partial charge in [0, 0.05) is 6.20 Å². The van der Waals surface area contributed by atoms with Gasteiger partial charge in [-0.15, -0.1) is 0 Å². The molecular formula is C17H15Cl2N9O. The first-order valence-corrected chi connectivity index (χ1v) is 9.17. The minimum Gasteiger partial charge on any atom is -0.382 e. The van der Waals surface area contributed by atoms with Crippen LogP contribution in [0.1, 0.15) is 18.8 Å². The van der Waals surface area contributed by atoms with E-state index < -0.39 is 6.04 Å². The van der Waals surface area contributed by atoms with Gasteiger partial charge in [-0.3, -0.25) is 14.5 Å². The Morgan fingerprint density at radius 2 is 2.00 bits per heavy atom. The van der Waals surface area contributed by atoms with Crippen LogP contribution in [-0.4, -0.2) is 29.7 Å². The topological polar surface area (TPSA) is 153 Å². The number of rotatable bonds is 4. The van der Waals surface area contributed by atoms with Crippen LogP contribution >= 0.6 is 23.2 Å². The number of aromatic nitrogens is 6. The van der Waals surface area contributed by atoms with E-state index in [4.69, 9.17) is 34.7 Å². The molecule has 0 amide bonds. The van der Waals surface area contributed by atoms with Gasteiger partial charge >= 0.3 is 0 Å². The highest BCUT2D eigenvalue weighted by Gasteiger charge is 2.21. The molecule has 4 aromatic rings. The van der Waals surface area contributed by atoms with E-state index in [1.54, 1.807) is 31.3 Å². The summed E-state index contributed by atoms with van der Waals surface area (Å²) < 4.78 is 1.41. The summed E-state index contributed by atoms with van der Waals surface area (Å²) in [5.74, 6) is 0.618. The van der Waals surface area contributed by atoms with Crippen molar-refractivity contribution in [2.24, 2.45) is 0 Å². The Balaban J connectivity index is 1.91. The largest absolute Gasteiger partial charge is 0.382 e. The Kier molecular flexibility index (Phi) is 4.73. The van der Waals surface area contributed by atoms with Crippen molar-refractivity contribution in [1.82, 2.24) is 29.7 Å². The third-order valence-electron chi connectivity index (χ3n) is 4.25. The first-order valence-electron chi connectivity index (χ1n) is 8.42. The molecule has 148 valence electrons. The van der Waals surface area contributed by atoms with E-state index in [0.717, 1.165) is 0 Å². The van der Waals surface area contributed by atoms with Crippen LogP contribution in [0.25, 0.3) is 16.6 Å². The lowest BCUT2D eigenvalue weighted by atomic mass is 10.2. The molecule has 0 unspecified atom stereocenters. The number of fused-ring (bicyclic) bond motifs is 1. The SMILES string of the molecule is C[C@H](Nc1nc(N)nc(N)c1Cl)c1nc2cccc(Cl)c2c(=O)n1-c1cn[nH]c1. The van der Waals surface area contributed by atoms with Crippen molar-refractivity contribution in [3.05, 3.63) is 56.8 Å². The minimum atomic E-state index is -0.521. The van der Waals surface area contributed by atoms with Crippen molar-refractivity contribution in [2.75, 3.05) is 16.8 Å². The van der Waals surface area contributed by atoms with Crippen LogP contribution in [0.15, 0.2) is 35.4 Å². The molecule has 0 spiro atoms. The number of nitrogens with two attached hydrogens (primary N) is 2.